The van der Waals surface area contributed by atoms with E-state index >= 15 is 0 Å². The van der Waals surface area contributed by atoms with Crippen LogP contribution in [-0.2, 0) is 11.3 Å². The van der Waals surface area contributed by atoms with Gasteiger partial charge in [-0.25, -0.2) is 4.79 Å². The summed E-state index contributed by atoms with van der Waals surface area (Å²) >= 11 is 2.25. The minimum atomic E-state index is -0.420. The van der Waals surface area contributed by atoms with Gasteiger partial charge in [-0.3, -0.25) is 0 Å². The zero-order valence-electron chi connectivity index (χ0n) is 15.5. The van der Waals surface area contributed by atoms with E-state index in [1.807, 2.05) is 43.3 Å². The van der Waals surface area contributed by atoms with Gasteiger partial charge in [-0.1, -0.05) is 48.5 Å². The highest BCUT2D eigenvalue weighted by Crippen LogP contribution is 2.44. The first-order valence-corrected chi connectivity index (χ1v) is 10.3. The van der Waals surface area contributed by atoms with Gasteiger partial charge in [-0.2, -0.15) is 0 Å². The van der Waals surface area contributed by atoms with Crippen molar-refractivity contribution in [3.8, 4) is 11.1 Å². The molecule has 1 aliphatic rings. The van der Waals surface area contributed by atoms with Gasteiger partial charge in [0, 0.05) is 21.7 Å². The number of carbonyl (C=O) groups excluding carboxylic acids is 1. The highest BCUT2D eigenvalue weighted by Gasteiger charge is 2.28. The molecule has 0 unspecified atom stereocenters. The lowest BCUT2D eigenvalue weighted by molar-refractivity contribution is 0.142. The average Bonchev–Trinajstić information content (AvgIpc) is 3.02. The number of hydrogen-bond donors (Lipinski definition) is 2. The quantitative estimate of drug-likeness (QED) is 0.394. The fourth-order valence-corrected chi connectivity index (χ4v) is 4.40. The highest BCUT2D eigenvalue weighted by atomic mass is 127. The molecule has 0 saturated heterocycles. The molecule has 1 aliphatic carbocycles. The number of ether oxygens (including phenoxy) is 1. The number of nitrogens with one attached hydrogen (secondary N) is 1. The molecule has 4 nitrogen and oxygen atoms in total. The Hall–Kier alpha value is -2.54. The number of alkyl carbamates (subject to hydrolysis) is 1. The van der Waals surface area contributed by atoms with Crippen LogP contribution < -0.4 is 11.1 Å². The van der Waals surface area contributed by atoms with Crippen LogP contribution in [0.15, 0.2) is 60.7 Å². The molecule has 0 radical (unpaired) electrons. The molecular weight excluding hydrogens is 463 g/mol. The molecule has 4 rings (SSSR count). The van der Waals surface area contributed by atoms with Crippen molar-refractivity contribution in [1.29, 1.82) is 0 Å². The third kappa shape index (κ3) is 3.58. The van der Waals surface area contributed by atoms with Crippen molar-refractivity contribution in [2.75, 3.05) is 12.3 Å². The first-order chi connectivity index (χ1) is 13.5. The van der Waals surface area contributed by atoms with E-state index in [1.54, 1.807) is 0 Å². The summed E-state index contributed by atoms with van der Waals surface area (Å²) in [6.45, 7) is 2.68. The summed E-state index contributed by atoms with van der Waals surface area (Å²) in [7, 11) is 0. The monoisotopic (exact) mass is 484 g/mol. The number of nitrogen functional groups attached to an aromatic ring is 1. The third-order valence-corrected chi connectivity index (χ3v) is 6.35. The Kier molecular flexibility index (Phi) is 5.26. The second-order valence-corrected chi connectivity index (χ2v) is 8.13. The van der Waals surface area contributed by atoms with E-state index in [9.17, 15) is 4.79 Å². The number of hydrogen-bond acceptors (Lipinski definition) is 3. The summed E-state index contributed by atoms with van der Waals surface area (Å²) in [5.74, 6) is 0.0640. The second-order valence-electron chi connectivity index (χ2n) is 6.97. The zero-order valence-corrected chi connectivity index (χ0v) is 17.7. The minimum absolute atomic E-state index is 0.0640. The fraction of sp³-hybridized carbons (Fsp3) is 0.174. The summed E-state index contributed by atoms with van der Waals surface area (Å²) in [5, 5.41) is 2.82. The lowest BCUT2D eigenvalue weighted by atomic mass is 9.98. The van der Waals surface area contributed by atoms with Gasteiger partial charge >= 0.3 is 6.09 Å². The van der Waals surface area contributed by atoms with Crippen LogP contribution in [0.3, 0.4) is 0 Å². The molecule has 0 fully saturated rings. The Balaban J connectivity index is 1.42. The normalized spacial score (nSPS) is 12.4. The Morgan fingerprint density at radius 1 is 1.07 bits per heavy atom. The Bertz CT molecular complexity index is 980. The molecule has 5 heteroatoms. The highest BCUT2D eigenvalue weighted by molar-refractivity contribution is 14.1. The van der Waals surface area contributed by atoms with E-state index in [-0.39, 0.29) is 5.92 Å². The van der Waals surface area contributed by atoms with Crippen LogP contribution in [0.2, 0.25) is 0 Å². The van der Waals surface area contributed by atoms with E-state index in [4.69, 9.17) is 10.5 Å². The van der Waals surface area contributed by atoms with Gasteiger partial charge in [0.1, 0.15) is 6.61 Å². The SMILES string of the molecule is Cc1c(N)cc(CNC(=O)OCC2c3ccccc3-c3ccccc32)cc1I. The molecule has 3 aromatic rings. The maximum Gasteiger partial charge on any atom is 0.407 e. The van der Waals surface area contributed by atoms with Crippen molar-refractivity contribution in [3.63, 3.8) is 0 Å². The molecule has 28 heavy (non-hydrogen) atoms. The number of rotatable bonds is 4. The number of halogens is 1. The maximum atomic E-state index is 12.3. The summed E-state index contributed by atoms with van der Waals surface area (Å²) in [4.78, 5) is 12.3. The number of benzene rings is 3. The lowest BCUT2D eigenvalue weighted by Crippen LogP contribution is -2.25. The fourth-order valence-electron chi connectivity index (χ4n) is 3.68. The minimum Gasteiger partial charge on any atom is -0.449 e. The second kappa shape index (κ2) is 7.83. The zero-order chi connectivity index (χ0) is 19.7. The number of amides is 1. The molecule has 0 spiro atoms. The molecule has 0 saturated carbocycles. The Morgan fingerprint density at radius 2 is 1.68 bits per heavy atom. The van der Waals surface area contributed by atoms with Crippen molar-refractivity contribution in [2.45, 2.75) is 19.4 Å². The van der Waals surface area contributed by atoms with E-state index in [2.05, 4.69) is 52.2 Å². The predicted molar refractivity (Wildman–Crippen MR) is 120 cm³/mol. The molecule has 0 heterocycles. The molecule has 0 bridgehead atoms. The van der Waals surface area contributed by atoms with Crippen LogP contribution in [0.25, 0.3) is 11.1 Å². The van der Waals surface area contributed by atoms with Crippen molar-refractivity contribution in [2.24, 2.45) is 0 Å². The summed E-state index contributed by atoms with van der Waals surface area (Å²) in [6, 6.07) is 20.5. The van der Waals surface area contributed by atoms with E-state index in [0.29, 0.717) is 13.2 Å². The van der Waals surface area contributed by atoms with Crippen LogP contribution in [0.5, 0.6) is 0 Å². The molecular formula is C23H21IN2O2. The third-order valence-electron chi connectivity index (χ3n) is 5.22. The summed E-state index contributed by atoms with van der Waals surface area (Å²) < 4.78 is 6.65. The van der Waals surface area contributed by atoms with Gasteiger partial charge < -0.3 is 15.8 Å². The molecule has 0 aliphatic heterocycles. The van der Waals surface area contributed by atoms with Crippen molar-refractivity contribution >= 4 is 34.4 Å². The van der Waals surface area contributed by atoms with Gasteiger partial charge in [0.25, 0.3) is 0 Å². The molecule has 142 valence electrons. The molecule has 0 atom stereocenters. The van der Waals surface area contributed by atoms with Crippen molar-refractivity contribution in [3.05, 3.63) is 86.5 Å². The lowest BCUT2D eigenvalue weighted by Gasteiger charge is -2.15. The topological polar surface area (TPSA) is 64.3 Å². The first-order valence-electron chi connectivity index (χ1n) is 9.18. The van der Waals surface area contributed by atoms with Crippen LogP contribution in [0.1, 0.15) is 28.2 Å². The van der Waals surface area contributed by atoms with Gasteiger partial charge in [0.2, 0.25) is 0 Å². The van der Waals surface area contributed by atoms with Crippen LogP contribution in [-0.4, -0.2) is 12.7 Å². The summed E-state index contributed by atoms with van der Waals surface area (Å²) in [6.07, 6.45) is -0.420. The molecule has 3 N–H and O–H groups in total. The van der Waals surface area contributed by atoms with Gasteiger partial charge in [-0.05, 0) is 75.0 Å². The van der Waals surface area contributed by atoms with E-state index < -0.39 is 6.09 Å². The maximum absolute atomic E-state index is 12.3. The largest absolute Gasteiger partial charge is 0.449 e. The molecule has 1 amide bonds. The smallest absolute Gasteiger partial charge is 0.407 e. The van der Waals surface area contributed by atoms with Crippen LogP contribution in [0.4, 0.5) is 10.5 Å². The Labute approximate surface area is 178 Å². The number of nitrogens with two attached hydrogens (primary N) is 1. The van der Waals surface area contributed by atoms with E-state index in [1.165, 1.54) is 22.3 Å². The number of fused-ring (bicyclic) bond motifs is 3. The number of carbonyl (C=O) groups is 1. The standard InChI is InChI=1S/C23H21IN2O2/c1-14-21(24)10-15(11-22(14)25)12-26-23(27)28-13-20-18-8-4-2-6-16(18)17-7-3-5-9-19(17)20/h2-11,20H,12-13,25H2,1H3,(H,26,27). The first kappa shape index (κ1) is 18.8. The van der Waals surface area contributed by atoms with Crippen LogP contribution >= 0.6 is 22.6 Å². The van der Waals surface area contributed by atoms with Gasteiger partial charge in [0.05, 0.1) is 0 Å². The van der Waals surface area contributed by atoms with Crippen molar-refractivity contribution < 1.29 is 9.53 Å². The van der Waals surface area contributed by atoms with Gasteiger partial charge in [0.15, 0.2) is 0 Å². The summed E-state index contributed by atoms with van der Waals surface area (Å²) in [5.41, 5.74) is 13.6. The molecule has 3 aromatic carbocycles. The van der Waals surface area contributed by atoms with Crippen molar-refractivity contribution in [1.82, 2.24) is 5.32 Å². The average molecular weight is 484 g/mol. The number of anilines is 1. The van der Waals surface area contributed by atoms with Crippen LogP contribution in [0, 0.1) is 10.5 Å². The van der Waals surface area contributed by atoms with E-state index in [0.717, 1.165) is 20.4 Å². The van der Waals surface area contributed by atoms with Gasteiger partial charge in [-0.15, -0.1) is 0 Å². The molecule has 0 aromatic heterocycles. The predicted octanol–water partition coefficient (Wildman–Crippen LogP) is 5.22. The Morgan fingerprint density at radius 3 is 2.29 bits per heavy atom.